The lowest BCUT2D eigenvalue weighted by atomic mass is 10.1. The van der Waals surface area contributed by atoms with E-state index in [1.165, 1.54) is 0 Å². The molecule has 2 N–H and O–H groups in total. The number of sulfonamides is 1. The molecule has 1 saturated carbocycles. The lowest BCUT2D eigenvalue weighted by Gasteiger charge is -2.12. The van der Waals surface area contributed by atoms with Crippen molar-refractivity contribution in [3.8, 4) is 0 Å². The van der Waals surface area contributed by atoms with Crippen LogP contribution in [0.5, 0.6) is 0 Å². The molecule has 0 aromatic heterocycles. The third-order valence-electron chi connectivity index (χ3n) is 3.86. The number of aliphatic hydroxyl groups is 1. The summed E-state index contributed by atoms with van der Waals surface area (Å²) in [5.41, 5.74) is 2.05. The van der Waals surface area contributed by atoms with Crippen molar-refractivity contribution in [1.29, 1.82) is 0 Å². The Morgan fingerprint density at radius 1 is 1.26 bits per heavy atom. The third-order valence-corrected chi connectivity index (χ3v) is 5.29. The smallest absolute Gasteiger partial charge is 0.240 e. The summed E-state index contributed by atoms with van der Waals surface area (Å²) in [7, 11) is -3.44. The molecule has 2 unspecified atom stereocenters. The Labute approximate surface area is 114 Å². The molecule has 0 amide bonds. The zero-order valence-corrected chi connectivity index (χ0v) is 12.2. The number of hydrogen-bond donors (Lipinski definition) is 2. The van der Waals surface area contributed by atoms with Crippen molar-refractivity contribution >= 4 is 10.0 Å². The van der Waals surface area contributed by atoms with Crippen LogP contribution in [0.25, 0.3) is 0 Å². The van der Waals surface area contributed by atoms with Gasteiger partial charge >= 0.3 is 0 Å². The second kappa shape index (κ2) is 5.61. The van der Waals surface area contributed by atoms with Crippen LogP contribution in [0.1, 0.15) is 30.4 Å². The van der Waals surface area contributed by atoms with Crippen LogP contribution in [0, 0.1) is 19.8 Å². The predicted molar refractivity (Wildman–Crippen MR) is 74.5 cm³/mol. The first-order valence-electron chi connectivity index (χ1n) is 6.63. The van der Waals surface area contributed by atoms with E-state index in [4.69, 9.17) is 0 Å². The summed E-state index contributed by atoms with van der Waals surface area (Å²) < 4.78 is 27.0. The van der Waals surface area contributed by atoms with Crippen LogP contribution in [0.3, 0.4) is 0 Å². The summed E-state index contributed by atoms with van der Waals surface area (Å²) >= 11 is 0. The fraction of sp³-hybridized carbons (Fsp3) is 0.571. The van der Waals surface area contributed by atoms with Crippen molar-refractivity contribution in [2.24, 2.45) is 5.92 Å². The van der Waals surface area contributed by atoms with Gasteiger partial charge in [-0.15, -0.1) is 0 Å². The molecule has 0 aliphatic heterocycles. The summed E-state index contributed by atoms with van der Waals surface area (Å²) in [4.78, 5) is 0.314. The van der Waals surface area contributed by atoms with E-state index in [1.807, 2.05) is 19.9 Å². The first-order chi connectivity index (χ1) is 8.88. The molecule has 2 atom stereocenters. The van der Waals surface area contributed by atoms with Gasteiger partial charge in [0.25, 0.3) is 0 Å². The van der Waals surface area contributed by atoms with Crippen LogP contribution >= 0.6 is 0 Å². The van der Waals surface area contributed by atoms with Crippen molar-refractivity contribution in [3.63, 3.8) is 0 Å². The van der Waals surface area contributed by atoms with E-state index in [9.17, 15) is 13.5 Å². The van der Waals surface area contributed by atoms with Gasteiger partial charge < -0.3 is 5.11 Å². The van der Waals surface area contributed by atoms with Gasteiger partial charge in [-0.1, -0.05) is 6.07 Å². The topological polar surface area (TPSA) is 66.4 Å². The van der Waals surface area contributed by atoms with Crippen LogP contribution in [0.2, 0.25) is 0 Å². The first kappa shape index (κ1) is 14.5. The summed E-state index contributed by atoms with van der Waals surface area (Å²) in [6.45, 7) is 4.27. The van der Waals surface area contributed by atoms with Crippen LogP contribution in [-0.2, 0) is 10.0 Å². The fourth-order valence-corrected chi connectivity index (χ4v) is 3.63. The molecular formula is C14H21NO3S. The first-order valence-corrected chi connectivity index (χ1v) is 8.12. The Morgan fingerprint density at radius 2 is 2.00 bits per heavy atom. The summed E-state index contributed by atoms with van der Waals surface area (Å²) in [6, 6.07) is 5.15. The highest BCUT2D eigenvalue weighted by Gasteiger charge is 2.24. The molecule has 0 spiro atoms. The van der Waals surface area contributed by atoms with Gasteiger partial charge in [-0.05, 0) is 62.3 Å². The van der Waals surface area contributed by atoms with Crippen molar-refractivity contribution in [1.82, 2.24) is 4.72 Å². The molecule has 106 valence electrons. The highest BCUT2D eigenvalue weighted by Crippen LogP contribution is 2.25. The van der Waals surface area contributed by atoms with Crippen LogP contribution in [0.4, 0.5) is 0 Å². The van der Waals surface area contributed by atoms with Gasteiger partial charge in [0.2, 0.25) is 10.0 Å². The number of hydrogen-bond acceptors (Lipinski definition) is 3. The Hall–Kier alpha value is -0.910. The van der Waals surface area contributed by atoms with Crippen molar-refractivity contribution in [2.45, 2.75) is 44.1 Å². The van der Waals surface area contributed by atoms with Gasteiger partial charge in [-0.3, -0.25) is 0 Å². The fourth-order valence-electron chi connectivity index (χ4n) is 2.43. The monoisotopic (exact) mass is 283 g/mol. The number of aryl methyl sites for hydroxylation is 2. The van der Waals surface area contributed by atoms with E-state index in [1.54, 1.807) is 12.1 Å². The minimum Gasteiger partial charge on any atom is -0.393 e. The molecule has 1 aliphatic rings. The van der Waals surface area contributed by atoms with E-state index in [0.717, 1.165) is 24.0 Å². The quantitative estimate of drug-likeness (QED) is 0.884. The molecule has 2 rings (SSSR count). The Morgan fingerprint density at radius 3 is 2.58 bits per heavy atom. The minimum atomic E-state index is -3.44. The van der Waals surface area contributed by atoms with Crippen LogP contribution in [-0.4, -0.2) is 26.2 Å². The maximum Gasteiger partial charge on any atom is 0.240 e. The molecule has 0 radical (unpaired) electrons. The summed E-state index contributed by atoms with van der Waals surface area (Å²) in [6.07, 6.45) is 2.08. The van der Waals surface area contributed by atoms with Gasteiger partial charge in [-0.2, -0.15) is 0 Å². The molecule has 19 heavy (non-hydrogen) atoms. The minimum absolute atomic E-state index is 0.247. The molecule has 5 heteroatoms. The maximum absolute atomic E-state index is 12.2. The molecule has 1 fully saturated rings. The van der Waals surface area contributed by atoms with Crippen LogP contribution < -0.4 is 4.72 Å². The van der Waals surface area contributed by atoms with Gasteiger partial charge in [0.05, 0.1) is 11.0 Å². The van der Waals surface area contributed by atoms with Crippen molar-refractivity contribution in [2.75, 3.05) is 6.54 Å². The molecule has 0 bridgehead atoms. The van der Waals surface area contributed by atoms with Crippen LogP contribution in [0.15, 0.2) is 23.1 Å². The highest BCUT2D eigenvalue weighted by molar-refractivity contribution is 7.89. The third kappa shape index (κ3) is 3.55. The molecule has 4 nitrogen and oxygen atoms in total. The second-order valence-electron chi connectivity index (χ2n) is 5.43. The zero-order chi connectivity index (χ0) is 14.0. The lowest BCUT2D eigenvalue weighted by Crippen LogP contribution is -2.28. The second-order valence-corrected chi connectivity index (χ2v) is 7.20. The maximum atomic E-state index is 12.2. The van der Waals surface area contributed by atoms with E-state index in [-0.39, 0.29) is 12.0 Å². The molecule has 0 heterocycles. The van der Waals surface area contributed by atoms with E-state index >= 15 is 0 Å². The van der Waals surface area contributed by atoms with Gasteiger partial charge in [0.15, 0.2) is 0 Å². The molecule has 1 aliphatic carbocycles. The van der Waals surface area contributed by atoms with E-state index in [0.29, 0.717) is 17.9 Å². The average molecular weight is 283 g/mol. The number of benzene rings is 1. The predicted octanol–water partition coefficient (Wildman–Crippen LogP) is 1.74. The van der Waals surface area contributed by atoms with Gasteiger partial charge in [0, 0.05) is 6.54 Å². The van der Waals surface area contributed by atoms with Gasteiger partial charge in [0.1, 0.15) is 0 Å². The molecule has 0 saturated heterocycles. The number of aliphatic hydroxyl groups excluding tert-OH is 1. The SMILES string of the molecule is Cc1ccc(S(=O)(=O)NCC2CCC(O)C2)cc1C. The van der Waals surface area contributed by atoms with Gasteiger partial charge in [-0.25, -0.2) is 13.1 Å². The number of nitrogens with one attached hydrogen (secondary N) is 1. The summed E-state index contributed by atoms with van der Waals surface area (Å²) in [5, 5.41) is 9.44. The van der Waals surface area contributed by atoms with Crippen molar-refractivity contribution in [3.05, 3.63) is 29.3 Å². The summed E-state index contributed by atoms with van der Waals surface area (Å²) in [5.74, 6) is 0.247. The standard InChI is InChI=1S/C14H21NO3S/c1-10-3-6-14(7-11(10)2)19(17,18)15-9-12-4-5-13(16)8-12/h3,6-7,12-13,15-16H,4-5,8-9H2,1-2H3. The average Bonchev–Trinajstić information content (AvgIpc) is 2.76. The normalized spacial score (nSPS) is 23.7. The van der Waals surface area contributed by atoms with Crippen molar-refractivity contribution < 1.29 is 13.5 Å². The van der Waals surface area contributed by atoms with E-state index in [2.05, 4.69) is 4.72 Å². The largest absolute Gasteiger partial charge is 0.393 e. The molecule has 1 aromatic carbocycles. The highest BCUT2D eigenvalue weighted by atomic mass is 32.2. The molecule has 1 aromatic rings. The Kier molecular flexibility index (Phi) is 4.28. The Balaban J connectivity index is 2.03. The lowest BCUT2D eigenvalue weighted by molar-refractivity contribution is 0.178. The Bertz CT molecular complexity index is 554. The molecular weight excluding hydrogens is 262 g/mol. The van der Waals surface area contributed by atoms with E-state index < -0.39 is 10.0 Å². The number of rotatable bonds is 4. The zero-order valence-electron chi connectivity index (χ0n) is 11.4.